The number of pyridine rings is 2. The number of amides is 1. The van der Waals surface area contributed by atoms with Gasteiger partial charge in [0.1, 0.15) is 34.6 Å². The number of nitrogens with zero attached hydrogens (tertiary/aromatic N) is 10. The standard InChI is InChI=1S/C36H38FN7O4.C17H20ClN5O2/c1-21(46)22-11-13-43(14-12-22)25-9-10-32(38-19-25)40-30-17-29(41-42(5)34(30)47)26-7-6-8-31(27(26)20-45)44-35(48)33-23(18-39-44)15-24(16-28(33)37)36(2,3)4;1-11(24)23-7-5-12(6-8-23)13-3-4-16(19-10-13)20-14-9-15(18)21-22(2)17(14)25/h6-10,15-19,22,45H,11-14,20H2,1-5H3,(H,38,40);3-4,9-10,12H,5-8H2,1-2H3,(H,19,20). The molecule has 2 aromatic carbocycles. The Bertz CT molecular complexity index is 3380. The fourth-order valence-electron chi connectivity index (χ4n) is 9.23. The Labute approximate surface area is 425 Å². The van der Waals surface area contributed by atoms with Gasteiger partial charge in [-0.15, -0.1) is 0 Å². The van der Waals surface area contributed by atoms with Crippen molar-refractivity contribution in [3.05, 3.63) is 144 Å². The molecule has 7 aromatic rings. The van der Waals surface area contributed by atoms with Crippen molar-refractivity contribution < 1.29 is 19.1 Å². The number of anilines is 5. The first kappa shape index (κ1) is 51.7. The van der Waals surface area contributed by atoms with E-state index in [9.17, 15) is 29.1 Å². The third-order valence-electron chi connectivity index (χ3n) is 13.5. The lowest BCUT2D eigenvalue weighted by Gasteiger charge is -2.32. The molecule has 9 rings (SSSR count). The van der Waals surface area contributed by atoms with Crippen LogP contribution in [-0.4, -0.2) is 87.2 Å². The molecule has 0 aliphatic carbocycles. The summed E-state index contributed by atoms with van der Waals surface area (Å²) in [5.41, 5.74) is 3.11. The molecule has 7 heterocycles. The second kappa shape index (κ2) is 21.6. The van der Waals surface area contributed by atoms with Gasteiger partial charge in [-0.1, -0.05) is 50.6 Å². The molecule has 380 valence electrons. The monoisotopic (exact) mass is 1010 g/mol. The first-order valence-corrected chi connectivity index (χ1v) is 24.4. The first-order valence-electron chi connectivity index (χ1n) is 24.0. The van der Waals surface area contributed by atoms with Gasteiger partial charge in [0, 0.05) is 81.9 Å². The van der Waals surface area contributed by atoms with Crippen LogP contribution >= 0.6 is 11.6 Å². The van der Waals surface area contributed by atoms with Crippen molar-refractivity contribution in [1.82, 2.24) is 44.2 Å². The molecule has 5 aromatic heterocycles. The number of Topliss-reactive ketones (excluding diaryl/α,β-unsaturated/α-hetero) is 1. The van der Waals surface area contributed by atoms with Crippen LogP contribution in [0.3, 0.4) is 0 Å². The van der Waals surface area contributed by atoms with Gasteiger partial charge < -0.3 is 25.5 Å². The number of halogens is 2. The number of piperidine rings is 2. The van der Waals surface area contributed by atoms with E-state index < -0.39 is 23.5 Å². The molecule has 0 atom stereocenters. The summed E-state index contributed by atoms with van der Waals surface area (Å²) in [5.74, 6) is 1.25. The lowest BCUT2D eigenvalue weighted by atomic mass is 9.86. The molecule has 0 unspecified atom stereocenters. The third kappa shape index (κ3) is 11.5. The van der Waals surface area contributed by atoms with Crippen LogP contribution in [0, 0.1) is 11.7 Å². The topological polar surface area (TPSA) is 215 Å². The molecule has 20 heteroatoms. The SMILES string of the molecule is CC(=O)C1CCN(c2ccc(Nc3cc(-c4cccc(-n5ncc6cc(C(C)(C)C)cc(F)c6c5=O)c4CO)nn(C)c3=O)nc2)CC1.CC(=O)N1CCC(c2ccc(Nc3cc(Cl)nn(C)c3=O)nc2)CC1. The van der Waals surface area contributed by atoms with Crippen LogP contribution in [0.4, 0.5) is 33.1 Å². The van der Waals surface area contributed by atoms with E-state index in [0.717, 1.165) is 73.4 Å². The van der Waals surface area contributed by atoms with E-state index in [1.54, 1.807) is 63.5 Å². The predicted molar refractivity (Wildman–Crippen MR) is 280 cm³/mol. The fraction of sp³-hybridized carbons (Fsp3) is 0.358. The number of likely N-dealkylation sites (tertiary alicyclic amines) is 1. The van der Waals surface area contributed by atoms with Crippen molar-refractivity contribution in [2.24, 2.45) is 20.0 Å². The van der Waals surface area contributed by atoms with Gasteiger partial charge >= 0.3 is 0 Å². The molecule has 0 saturated carbocycles. The molecule has 3 N–H and O–H groups in total. The largest absolute Gasteiger partial charge is 0.392 e. The van der Waals surface area contributed by atoms with Crippen LogP contribution in [0.1, 0.15) is 82.9 Å². The van der Waals surface area contributed by atoms with E-state index in [1.165, 1.54) is 34.7 Å². The zero-order valence-electron chi connectivity index (χ0n) is 41.8. The Hall–Kier alpha value is -7.64. The molecule has 0 bridgehead atoms. The number of aryl methyl sites for hydroxylation is 2. The lowest BCUT2D eigenvalue weighted by Crippen LogP contribution is -2.36. The molecule has 2 saturated heterocycles. The van der Waals surface area contributed by atoms with E-state index >= 15 is 4.39 Å². The predicted octanol–water partition coefficient (Wildman–Crippen LogP) is 7.32. The van der Waals surface area contributed by atoms with Gasteiger partial charge in [0.25, 0.3) is 16.7 Å². The average molecular weight is 1010 g/mol. The van der Waals surface area contributed by atoms with Crippen LogP contribution in [0.2, 0.25) is 5.15 Å². The molecule has 2 fully saturated rings. The zero-order valence-corrected chi connectivity index (χ0v) is 42.6. The third-order valence-corrected chi connectivity index (χ3v) is 13.7. The molecule has 1 amide bonds. The Balaban J connectivity index is 0.000000238. The molecule has 73 heavy (non-hydrogen) atoms. The number of benzene rings is 2. The number of hydrogen-bond acceptors (Lipinski definition) is 14. The van der Waals surface area contributed by atoms with Crippen LogP contribution in [-0.2, 0) is 35.7 Å². The molecular weight excluding hydrogens is 955 g/mol. The van der Waals surface area contributed by atoms with Crippen LogP contribution in [0.5, 0.6) is 0 Å². The normalized spacial score (nSPS) is 14.4. The number of nitrogens with one attached hydrogen (secondary N) is 2. The van der Waals surface area contributed by atoms with E-state index in [4.69, 9.17) is 11.6 Å². The van der Waals surface area contributed by atoms with Crippen molar-refractivity contribution in [1.29, 1.82) is 0 Å². The van der Waals surface area contributed by atoms with Crippen LogP contribution in [0.25, 0.3) is 27.7 Å². The zero-order chi connectivity index (χ0) is 52.3. The van der Waals surface area contributed by atoms with Gasteiger partial charge in [0.15, 0.2) is 5.15 Å². The summed E-state index contributed by atoms with van der Waals surface area (Å²) in [6.07, 6.45) is 8.50. The number of carbonyl (C=O) groups excluding carboxylic acids is 2. The number of aromatic nitrogens is 8. The maximum atomic E-state index is 15.4. The van der Waals surface area contributed by atoms with Gasteiger partial charge in [-0.3, -0.25) is 24.0 Å². The van der Waals surface area contributed by atoms with Crippen molar-refractivity contribution in [2.45, 2.75) is 78.2 Å². The van der Waals surface area contributed by atoms with Crippen LogP contribution in [0.15, 0.2) is 99.7 Å². The molecule has 2 aliphatic rings. The summed E-state index contributed by atoms with van der Waals surface area (Å²) < 4.78 is 18.8. The molecule has 0 radical (unpaired) electrons. The Morgan fingerprint density at radius 3 is 2.01 bits per heavy atom. The maximum Gasteiger partial charge on any atom is 0.290 e. The maximum absolute atomic E-state index is 15.4. The van der Waals surface area contributed by atoms with Gasteiger partial charge in [-0.2, -0.15) is 20.0 Å². The highest BCUT2D eigenvalue weighted by molar-refractivity contribution is 6.29. The van der Waals surface area contributed by atoms with Crippen molar-refractivity contribution in [2.75, 3.05) is 41.7 Å². The summed E-state index contributed by atoms with van der Waals surface area (Å²) in [5, 5.41) is 29.8. The molecule has 18 nitrogen and oxygen atoms in total. The molecular formula is C53H58ClFN12O6. The van der Waals surface area contributed by atoms with E-state index in [2.05, 4.69) is 40.8 Å². The highest BCUT2D eigenvalue weighted by Gasteiger charge is 2.25. The number of rotatable bonds is 10. The highest BCUT2D eigenvalue weighted by atomic mass is 35.5. The summed E-state index contributed by atoms with van der Waals surface area (Å²) in [7, 11) is 3.06. The Morgan fingerprint density at radius 2 is 1.42 bits per heavy atom. The summed E-state index contributed by atoms with van der Waals surface area (Å²) in [6.45, 7) is 11.8. The number of aliphatic hydroxyl groups excluding tert-OH is 1. The van der Waals surface area contributed by atoms with Crippen LogP contribution < -0.4 is 32.2 Å². The quantitative estimate of drug-likeness (QED) is 0.123. The van der Waals surface area contributed by atoms with E-state index in [1.807, 2.05) is 50.1 Å². The molecule has 2 aliphatic heterocycles. The number of hydrogen-bond donors (Lipinski definition) is 3. The summed E-state index contributed by atoms with van der Waals surface area (Å²) in [6, 6.07) is 18.8. The smallest absolute Gasteiger partial charge is 0.290 e. The van der Waals surface area contributed by atoms with Gasteiger partial charge in [0.2, 0.25) is 5.91 Å². The van der Waals surface area contributed by atoms with Gasteiger partial charge in [-0.05, 0) is 97.5 Å². The minimum atomic E-state index is -0.661. The van der Waals surface area contributed by atoms with Crippen molar-refractivity contribution in [3.8, 4) is 16.9 Å². The minimum absolute atomic E-state index is 0.0990. The van der Waals surface area contributed by atoms with E-state index in [0.29, 0.717) is 45.4 Å². The lowest BCUT2D eigenvalue weighted by molar-refractivity contribution is -0.129. The Kier molecular flexibility index (Phi) is 15.3. The van der Waals surface area contributed by atoms with Gasteiger partial charge in [-0.25, -0.2) is 23.7 Å². The van der Waals surface area contributed by atoms with Gasteiger partial charge in [0.05, 0.1) is 41.5 Å². The summed E-state index contributed by atoms with van der Waals surface area (Å²) >= 11 is 5.89. The Morgan fingerprint density at radius 1 is 0.781 bits per heavy atom. The van der Waals surface area contributed by atoms with E-state index in [-0.39, 0.29) is 50.5 Å². The average Bonchev–Trinajstić information content (AvgIpc) is 3.37. The first-order chi connectivity index (χ1) is 34.8. The second-order valence-electron chi connectivity index (χ2n) is 19.5. The minimum Gasteiger partial charge on any atom is -0.392 e. The van der Waals surface area contributed by atoms with Crippen molar-refractivity contribution in [3.63, 3.8) is 0 Å². The number of fused-ring (bicyclic) bond motifs is 1. The summed E-state index contributed by atoms with van der Waals surface area (Å²) in [4.78, 5) is 74.9. The number of ketones is 1. The number of aliphatic hydroxyl groups is 1. The number of carbonyl (C=O) groups is 2. The highest BCUT2D eigenvalue weighted by Crippen LogP contribution is 2.32. The fourth-order valence-corrected chi connectivity index (χ4v) is 9.45. The second-order valence-corrected chi connectivity index (χ2v) is 19.8. The van der Waals surface area contributed by atoms with Crippen molar-refractivity contribution >= 4 is 62.8 Å². The molecule has 0 spiro atoms.